The van der Waals surface area contributed by atoms with E-state index in [2.05, 4.69) is 50.4 Å². The first-order valence-corrected chi connectivity index (χ1v) is 7.44. The van der Waals surface area contributed by atoms with Crippen LogP contribution in [-0.4, -0.2) is 6.54 Å². The summed E-state index contributed by atoms with van der Waals surface area (Å²) in [6, 6.07) is 9.24. The first-order chi connectivity index (χ1) is 9.58. The molecule has 1 atom stereocenters. The number of rotatable bonds is 6. The zero-order valence-electron chi connectivity index (χ0n) is 13.0. The zero-order valence-corrected chi connectivity index (χ0v) is 13.0. The molecule has 0 saturated carbocycles. The molecular formula is C18H25NO. The molecule has 108 valence electrons. The third-order valence-electron chi connectivity index (χ3n) is 3.52. The van der Waals surface area contributed by atoms with E-state index >= 15 is 0 Å². The Kier molecular flexibility index (Phi) is 5.02. The molecule has 1 unspecified atom stereocenters. The minimum Gasteiger partial charge on any atom is -0.469 e. The molecule has 2 rings (SSSR count). The molecule has 0 aliphatic carbocycles. The van der Waals surface area contributed by atoms with Crippen molar-refractivity contribution in [2.75, 3.05) is 6.54 Å². The molecular weight excluding hydrogens is 246 g/mol. The summed E-state index contributed by atoms with van der Waals surface area (Å²) in [7, 11) is 0. The van der Waals surface area contributed by atoms with E-state index in [1.165, 1.54) is 22.3 Å². The Hall–Kier alpha value is -1.54. The maximum atomic E-state index is 5.47. The standard InChI is InChI=1S/C18H25NO/c1-5-6-19-18(17-10-15(4)20-12-17)11-16-8-13(2)7-14(3)9-16/h7-10,12,18-19H,5-6,11H2,1-4H3. The summed E-state index contributed by atoms with van der Waals surface area (Å²) >= 11 is 0. The van der Waals surface area contributed by atoms with Gasteiger partial charge in [0.1, 0.15) is 5.76 Å². The van der Waals surface area contributed by atoms with E-state index in [1.54, 1.807) is 0 Å². The van der Waals surface area contributed by atoms with E-state index in [1.807, 2.05) is 13.2 Å². The molecule has 2 nitrogen and oxygen atoms in total. The molecule has 0 aliphatic heterocycles. The Morgan fingerprint density at radius 3 is 2.30 bits per heavy atom. The second-order valence-corrected chi connectivity index (χ2v) is 5.70. The Morgan fingerprint density at radius 2 is 1.75 bits per heavy atom. The van der Waals surface area contributed by atoms with Crippen LogP contribution < -0.4 is 5.32 Å². The van der Waals surface area contributed by atoms with Crippen molar-refractivity contribution in [1.82, 2.24) is 5.32 Å². The number of nitrogens with one attached hydrogen (secondary N) is 1. The highest BCUT2D eigenvalue weighted by Crippen LogP contribution is 2.22. The van der Waals surface area contributed by atoms with Crippen LogP contribution in [0.3, 0.4) is 0 Å². The molecule has 0 saturated heterocycles. The topological polar surface area (TPSA) is 25.2 Å². The van der Waals surface area contributed by atoms with E-state index in [0.717, 1.165) is 25.1 Å². The van der Waals surface area contributed by atoms with Crippen LogP contribution in [0.1, 0.15) is 47.4 Å². The molecule has 0 radical (unpaired) electrons. The summed E-state index contributed by atoms with van der Waals surface area (Å²) in [5.74, 6) is 0.976. The predicted molar refractivity (Wildman–Crippen MR) is 84.1 cm³/mol. The van der Waals surface area contributed by atoms with Gasteiger partial charge in [-0.15, -0.1) is 0 Å². The maximum Gasteiger partial charge on any atom is 0.101 e. The highest BCUT2D eigenvalue weighted by Gasteiger charge is 2.14. The van der Waals surface area contributed by atoms with Crippen molar-refractivity contribution in [2.24, 2.45) is 0 Å². The summed E-state index contributed by atoms with van der Waals surface area (Å²) < 4.78 is 5.47. The Morgan fingerprint density at radius 1 is 1.05 bits per heavy atom. The lowest BCUT2D eigenvalue weighted by Gasteiger charge is -2.18. The van der Waals surface area contributed by atoms with Gasteiger partial charge < -0.3 is 9.73 Å². The molecule has 2 heteroatoms. The lowest BCUT2D eigenvalue weighted by atomic mass is 9.98. The van der Waals surface area contributed by atoms with Gasteiger partial charge in [-0.05, 0) is 51.8 Å². The normalized spacial score (nSPS) is 12.6. The minimum atomic E-state index is 0.327. The van der Waals surface area contributed by atoms with Gasteiger partial charge >= 0.3 is 0 Å². The molecule has 0 bridgehead atoms. The third-order valence-corrected chi connectivity index (χ3v) is 3.52. The van der Waals surface area contributed by atoms with Gasteiger partial charge in [0.15, 0.2) is 0 Å². The van der Waals surface area contributed by atoms with Crippen molar-refractivity contribution >= 4 is 0 Å². The van der Waals surface area contributed by atoms with Crippen LogP contribution in [0.4, 0.5) is 0 Å². The average molecular weight is 271 g/mol. The number of hydrogen-bond acceptors (Lipinski definition) is 2. The quantitative estimate of drug-likeness (QED) is 0.837. The van der Waals surface area contributed by atoms with Gasteiger partial charge in [-0.1, -0.05) is 36.2 Å². The molecule has 0 fully saturated rings. The van der Waals surface area contributed by atoms with Crippen molar-refractivity contribution in [2.45, 2.75) is 46.6 Å². The Balaban J connectivity index is 2.18. The van der Waals surface area contributed by atoms with Crippen LogP contribution in [0.15, 0.2) is 34.9 Å². The van der Waals surface area contributed by atoms with Gasteiger partial charge in [0.25, 0.3) is 0 Å². The lowest BCUT2D eigenvalue weighted by molar-refractivity contribution is 0.503. The average Bonchev–Trinajstić information content (AvgIpc) is 2.80. The molecule has 1 N–H and O–H groups in total. The van der Waals surface area contributed by atoms with E-state index < -0.39 is 0 Å². The molecule has 1 aromatic carbocycles. The van der Waals surface area contributed by atoms with Crippen molar-refractivity contribution in [3.63, 3.8) is 0 Å². The van der Waals surface area contributed by atoms with Crippen LogP contribution in [0.2, 0.25) is 0 Å². The van der Waals surface area contributed by atoms with Crippen molar-refractivity contribution in [3.8, 4) is 0 Å². The minimum absolute atomic E-state index is 0.327. The first kappa shape index (κ1) is 14.9. The van der Waals surface area contributed by atoms with Gasteiger partial charge in [-0.25, -0.2) is 0 Å². The summed E-state index contributed by atoms with van der Waals surface area (Å²) in [4.78, 5) is 0. The molecule has 1 aromatic heterocycles. The number of hydrogen-bond donors (Lipinski definition) is 1. The zero-order chi connectivity index (χ0) is 14.5. The maximum absolute atomic E-state index is 5.47. The Labute approximate surface area is 122 Å². The van der Waals surface area contributed by atoms with Gasteiger partial charge in [-0.2, -0.15) is 0 Å². The molecule has 1 heterocycles. The Bertz CT molecular complexity index is 536. The van der Waals surface area contributed by atoms with Gasteiger partial charge in [0.05, 0.1) is 6.26 Å². The fourth-order valence-electron chi connectivity index (χ4n) is 2.70. The predicted octanol–water partition coefficient (Wildman–Crippen LogP) is 4.49. The van der Waals surface area contributed by atoms with E-state index in [9.17, 15) is 0 Å². The van der Waals surface area contributed by atoms with E-state index in [4.69, 9.17) is 4.42 Å². The van der Waals surface area contributed by atoms with Crippen LogP contribution in [0, 0.1) is 20.8 Å². The van der Waals surface area contributed by atoms with Crippen molar-refractivity contribution < 1.29 is 4.42 Å². The fourth-order valence-corrected chi connectivity index (χ4v) is 2.70. The van der Waals surface area contributed by atoms with Gasteiger partial charge in [-0.3, -0.25) is 0 Å². The van der Waals surface area contributed by atoms with Crippen molar-refractivity contribution in [1.29, 1.82) is 0 Å². The van der Waals surface area contributed by atoms with E-state index in [0.29, 0.717) is 6.04 Å². The molecule has 0 spiro atoms. The van der Waals surface area contributed by atoms with E-state index in [-0.39, 0.29) is 0 Å². The van der Waals surface area contributed by atoms with Crippen LogP contribution >= 0.6 is 0 Å². The van der Waals surface area contributed by atoms with Crippen LogP contribution in [-0.2, 0) is 6.42 Å². The van der Waals surface area contributed by atoms with Crippen molar-refractivity contribution in [3.05, 3.63) is 58.5 Å². The highest BCUT2D eigenvalue weighted by atomic mass is 16.3. The van der Waals surface area contributed by atoms with Gasteiger partial charge in [0.2, 0.25) is 0 Å². The lowest BCUT2D eigenvalue weighted by Crippen LogP contribution is -2.23. The van der Waals surface area contributed by atoms with Gasteiger partial charge in [0, 0.05) is 11.6 Å². The molecule has 20 heavy (non-hydrogen) atoms. The summed E-state index contributed by atoms with van der Waals surface area (Å²) in [6.45, 7) is 9.54. The second kappa shape index (κ2) is 6.76. The molecule has 2 aromatic rings. The largest absolute Gasteiger partial charge is 0.469 e. The van der Waals surface area contributed by atoms with Crippen LogP contribution in [0.25, 0.3) is 0 Å². The second-order valence-electron chi connectivity index (χ2n) is 5.70. The smallest absolute Gasteiger partial charge is 0.101 e. The molecule has 0 amide bonds. The third kappa shape index (κ3) is 3.97. The number of furan rings is 1. The monoisotopic (exact) mass is 271 g/mol. The summed E-state index contributed by atoms with van der Waals surface area (Å²) in [5.41, 5.74) is 5.29. The van der Waals surface area contributed by atoms with Crippen LogP contribution in [0.5, 0.6) is 0 Å². The molecule has 0 aliphatic rings. The first-order valence-electron chi connectivity index (χ1n) is 7.44. The summed E-state index contributed by atoms with van der Waals surface area (Å²) in [5, 5.41) is 3.63. The number of aryl methyl sites for hydroxylation is 3. The highest BCUT2D eigenvalue weighted by molar-refractivity contribution is 5.30. The number of benzene rings is 1. The SMILES string of the molecule is CCCNC(Cc1cc(C)cc(C)c1)c1coc(C)c1. The summed E-state index contributed by atoms with van der Waals surface area (Å²) in [6.07, 6.45) is 4.02. The fraction of sp³-hybridized carbons (Fsp3) is 0.444.